The molecule has 7 heteroatoms. The lowest BCUT2D eigenvalue weighted by Crippen LogP contribution is -2.53. The predicted octanol–water partition coefficient (Wildman–Crippen LogP) is 1.64. The Labute approximate surface area is 151 Å². The number of rotatable bonds is 3. The quantitative estimate of drug-likeness (QED) is 0.905. The Kier molecular flexibility index (Phi) is 4.16. The number of hydrogen-bond donors (Lipinski definition) is 1. The van der Waals surface area contributed by atoms with Crippen LogP contribution < -0.4 is 5.73 Å². The molecule has 1 aromatic carbocycles. The molecule has 2 aliphatic heterocycles. The van der Waals surface area contributed by atoms with Crippen molar-refractivity contribution in [1.29, 1.82) is 0 Å². The number of benzene rings is 1. The molecule has 7 nitrogen and oxygen atoms in total. The van der Waals surface area contributed by atoms with Gasteiger partial charge >= 0.3 is 0 Å². The van der Waals surface area contributed by atoms with E-state index in [1.807, 2.05) is 17.0 Å². The average Bonchev–Trinajstić information content (AvgIpc) is 2.66. The molecule has 2 amide bonds. The average molecular weight is 352 g/mol. The van der Waals surface area contributed by atoms with Crippen molar-refractivity contribution in [2.45, 2.75) is 24.9 Å². The molecule has 2 N–H and O–H groups in total. The third-order valence-electron chi connectivity index (χ3n) is 5.24. The smallest absolute Gasteiger partial charge is 0.268 e. The first-order valence-electron chi connectivity index (χ1n) is 8.72. The zero-order valence-electron chi connectivity index (χ0n) is 14.4. The second-order valence-electron chi connectivity index (χ2n) is 6.80. The lowest BCUT2D eigenvalue weighted by molar-refractivity contribution is -0.169. The highest BCUT2D eigenvalue weighted by molar-refractivity contribution is 5.95. The summed E-state index contributed by atoms with van der Waals surface area (Å²) in [6, 6.07) is 7.17. The maximum Gasteiger partial charge on any atom is 0.268 e. The zero-order chi connectivity index (χ0) is 18.1. The van der Waals surface area contributed by atoms with Crippen LogP contribution in [0.25, 0.3) is 11.3 Å². The summed E-state index contributed by atoms with van der Waals surface area (Å²) in [5.41, 5.74) is 7.34. The number of carbonyl (C=O) groups is 2. The fraction of sp³-hybridized carbons (Fsp3) is 0.368. The van der Waals surface area contributed by atoms with Crippen LogP contribution in [0.5, 0.6) is 0 Å². The molecule has 0 aliphatic carbocycles. The molecular formula is C19H20N4O3. The molecule has 0 bridgehead atoms. The number of nitrogens with zero attached hydrogens (tertiary/aromatic N) is 3. The Balaban J connectivity index is 1.46. The Bertz CT molecular complexity index is 836. The number of hydrogen-bond acceptors (Lipinski definition) is 5. The molecule has 0 saturated carbocycles. The molecule has 26 heavy (non-hydrogen) atoms. The van der Waals surface area contributed by atoms with Gasteiger partial charge in [0.25, 0.3) is 11.8 Å². The summed E-state index contributed by atoms with van der Waals surface area (Å²) < 4.78 is 5.70. The largest absolute Gasteiger partial charge is 0.375 e. The molecule has 3 heterocycles. The first kappa shape index (κ1) is 16.7. The Hall–Kier alpha value is -2.80. The van der Waals surface area contributed by atoms with Crippen molar-refractivity contribution < 1.29 is 14.3 Å². The predicted molar refractivity (Wildman–Crippen MR) is 94.4 cm³/mol. The van der Waals surface area contributed by atoms with Crippen molar-refractivity contribution in [3.05, 3.63) is 47.9 Å². The van der Waals surface area contributed by atoms with Crippen LogP contribution >= 0.6 is 0 Å². The van der Waals surface area contributed by atoms with Crippen LogP contribution in [0.2, 0.25) is 0 Å². The van der Waals surface area contributed by atoms with Gasteiger partial charge in [0.05, 0.1) is 30.3 Å². The van der Waals surface area contributed by atoms with Crippen molar-refractivity contribution in [2.75, 3.05) is 19.7 Å². The normalized spacial score (nSPS) is 18.4. The Morgan fingerprint density at radius 1 is 1.08 bits per heavy atom. The van der Waals surface area contributed by atoms with Crippen molar-refractivity contribution in [3.63, 3.8) is 0 Å². The topological polar surface area (TPSA) is 98.4 Å². The van der Waals surface area contributed by atoms with Gasteiger partial charge in [-0.2, -0.15) is 0 Å². The summed E-state index contributed by atoms with van der Waals surface area (Å²) in [7, 11) is 0. The SMILES string of the molecule is NC(=O)c1cncc(-c2ccc(C(=O)N3CCC4(CCO4)CC3)cc2)n1. The van der Waals surface area contributed by atoms with Crippen molar-refractivity contribution in [2.24, 2.45) is 5.73 Å². The summed E-state index contributed by atoms with van der Waals surface area (Å²) >= 11 is 0. The highest BCUT2D eigenvalue weighted by atomic mass is 16.5. The van der Waals surface area contributed by atoms with Crippen LogP contribution in [0.15, 0.2) is 36.7 Å². The molecule has 1 spiro atoms. The van der Waals surface area contributed by atoms with Crippen molar-refractivity contribution in [3.8, 4) is 11.3 Å². The number of amides is 2. The van der Waals surface area contributed by atoms with Crippen LogP contribution in [-0.2, 0) is 4.74 Å². The summed E-state index contributed by atoms with van der Waals surface area (Å²) in [4.78, 5) is 34.0. The summed E-state index contributed by atoms with van der Waals surface area (Å²) in [6.07, 6.45) is 5.82. The minimum absolute atomic E-state index is 0.0303. The van der Waals surface area contributed by atoms with Crippen LogP contribution in [0.1, 0.15) is 40.1 Å². The van der Waals surface area contributed by atoms with Gasteiger partial charge in [0.1, 0.15) is 5.69 Å². The monoisotopic (exact) mass is 352 g/mol. The lowest BCUT2D eigenvalue weighted by atomic mass is 9.84. The van der Waals surface area contributed by atoms with Gasteiger partial charge in [-0.1, -0.05) is 12.1 Å². The number of aromatic nitrogens is 2. The van der Waals surface area contributed by atoms with Gasteiger partial charge in [0, 0.05) is 24.2 Å². The Morgan fingerprint density at radius 2 is 1.77 bits per heavy atom. The first-order valence-corrected chi connectivity index (χ1v) is 8.72. The molecule has 2 aliphatic rings. The molecule has 2 saturated heterocycles. The summed E-state index contributed by atoms with van der Waals surface area (Å²) in [5, 5.41) is 0. The molecule has 2 aromatic rings. The minimum Gasteiger partial charge on any atom is -0.375 e. The van der Waals surface area contributed by atoms with Gasteiger partial charge in [-0.3, -0.25) is 14.6 Å². The summed E-state index contributed by atoms with van der Waals surface area (Å²) in [5.74, 6) is -0.591. The van der Waals surface area contributed by atoms with Gasteiger partial charge < -0.3 is 15.4 Å². The highest BCUT2D eigenvalue weighted by Crippen LogP contribution is 2.37. The number of likely N-dealkylation sites (tertiary alicyclic amines) is 1. The van der Waals surface area contributed by atoms with E-state index in [9.17, 15) is 9.59 Å². The zero-order valence-corrected chi connectivity index (χ0v) is 14.4. The van der Waals surface area contributed by atoms with E-state index in [0.717, 1.165) is 44.5 Å². The lowest BCUT2D eigenvalue weighted by Gasteiger charge is -2.47. The maximum absolute atomic E-state index is 12.7. The van der Waals surface area contributed by atoms with E-state index in [-0.39, 0.29) is 17.2 Å². The standard InChI is InChI=1S/C19H20N4O3/c20-17(24)16-12-21-11-15(22-16)13-1-3-14(4-2-13)18(25)23-8-5-19(6-9-23)7-10-26-19/h1-4,11-12H,5-10H2,(H2,20,24). The molecule has 134 valence electrons. The fourth-order valence-electron chi connectivity index (χ4n) is 3.49. The summed E-state index contributed by atoms with van der Waals surface area (Å²) in [6.45, 7) is 2.30. The van der Waals surface area contributed by atoms with E-state index < -0.39 is 5.91 Å². The van der Waals surface area contributed by atoms with Gasteiger partial charge in [0.2, 0.25) is 0 Å². The van der Waals surface area contributed by atoms with Gasteiger partial charge in [-0.25, -0.2) is 4.98 Å². The molecule has 0 radical (unpaired) electrons. The number of primary amides is 1. The molecular weight excluding hydrogens is 332 g/mol. The number of ether oxygens (including phenoxy) is 1. The second kappa shape index (κ2) is 6.49. The van der Waals surface area contributed by atoms with Crippen molar-refractivity contribution in [1.82, 2.24) is 14.9 Å². The van der Waals surface area contributed by atoms with Crippen LogP contribution in [0.4, 0.5) is 0 Å². The number of nitrogens with two attached hydrogens (primary N) is 1. The molecule has 4 rings (SSSR count). The molecule has 0 unspecified atom stereocenters. The van der Waals surface area contributed by atoms with Crippen LogP contribution in [0.3, 0.4) is 0 Å². The van der Waals surface area contributed by atoms with Crippen molar-refractivity contribution >= 4 is 11.8 Å². The van der Waals surface area contributed by atoms with E-state index in [1.165, 1.54) is 6.20 Å². The van der Waals surface area contributed by atoms with Gasteiger partial charge in [-0.05, 0) is 31.4 Å². The highest BCUT2D eigenvalue weighted by Gasteiger charge is 2.41. The molecule has 2 fully saturated rings. The van der Waals surface area contributed by atoms with E-state index in [0.29, 0.717) is 11.3 Å². The minimum atomic E-state index is -0.621. The number of piperidine rings is 1. The Morgan fingerprint density at radius 3 is 2.35 bits per heavy atom. The second-order valence-corrected chi connectivity index (χ2v) is 6.80. The third kappa shape index (κ3) is 3.06. The van der Waals surface area contributed by atoms with Crippen LogP contribution in [-0.4, -0.2) is 52.0 Å². The van der Waals surface area contributed by atoms with E-state index in [4.69, 9.17) is 10.5 Å². The third-order valence-corrected chi connectivity index (χ3v) is 5.24. The van der Waals surface area contributed by atoms with Gasteiger partial charge in [0.15, 0.2) is 0 Å². The number of carbonyl (C=O) groups excluding carboxylic acids is 2. The molecule has 1 aromatic heterocycles. The van der Waals surface area contributed by atoms with E-state index in [1.54, 1.807) is 18.3 Å². The molecule has 0 atom stereocenters. The van der Waals surface area contributed by atoms with Crippen LogP contribution in [0, 0.1) is 0 Å². The fourth-order valence-corrected chi connectivity index (χ4v) is 3.49. The maximum atomic E-state index is 12.7. The van der Waals surface area contributed by atoms with Gasteiger partial charge in [-0.15, -0.1) is 0 Å². The van der Waals surface area contributed by atoms with E-state index in [2.05, 4.69) is 9.97 Å². The van der Waals surface area contributed by atoms with E-state index >= 15 is 0 Å². The first-order chi connectivity index (χ1) is 12.6.